The molecule has 0 bridgehead atoms. The molecule has 0 N–H and O–H groups in total. The van der Waals surface area contributed by atoms with Crippen LogP contribution in [0.25, 0.3) is 0 Å². The van der Waals surface area contributed by atoms with Crippen molar-refractivity contribution in [1.82, 2.24) is 0 Å². The maximum atomic E-state index is 5.44. The monoisotopic (exact) mass is 220 g/mol. The number of rotatable bonds is 2. The molecular formula is C14H20O2. The molecule has 0 aliphatic heterocycles. The summed E-state index contributed by atoms with van der Waals surface area (Å²) >= 11 is 0. The smallest absolute Gasteiger partial charge is 0.163 e. The van der Waals surface area contributed by atoms with E-state index in [1.165, 1.54) is 29.5 Å². The van der Waals surface area contributed by atoms with Gasteiger partial charge in [-0.2, -0.15) is 0 Å². The fourth-order valence-electron chi connectivity index (χ4n) is 2.64. The lowest BCUT2D eigenvalue weighted by Crippen LogP contribution is -2.13. The molecule has 0 fully saturated rings. The minimum absolute atomic E-state index is 0.782. The summed E-state index contributed by atoms with van der Waals surface area (Å²) in [7, 11) is 3.42. The maximum Gasteiger partial charge on any atom is 0.163 e. The molecule has 0 amide bonds. The number of fused-ring (bicyclic) bond motifs is 1. The normalized spacial score (nSPS) is 19.1. The minimum atomic E-state index is 0.782. The molecule has 0 radical (unpaired) electrons. The van der Waals surface area contributed by atoms with Gasteiger partial charge in [-0.25, -0.2) is 0 Å². The predicted molar refractivity (Wildman–Crippen MR) is 65.5 cm³/mol. The second kappa shape index (κ2) is 4.36. The number of hydrogen-bond acceptors (Lipinski definition) is 2. The van der Waals surface area contributed by atoms with Crippen molar-refractivity contribution in [3.63, 3.8) is 0 Å². The molecule has 1 atom stereocenters. The van der Waals surface area contributed by atoms with Crippen LogP contribution in [0.4, 0.5) is 0 Å². The molecule has 2 nitrogen and oxygen atoms in total. The number of methoxy groups -OCH3 is 2. The average molecular weight is 220 g/mol. The van der Waals surface area contributed by atoms with Crippen molar-refractivity contribution in [2.24, 2.45) is 5.92 Å². The quantitative estimate of drug-likeness (QED) is 0.762. The summed E-state index contributed by atoms with van der Waals surface area (Å²) in [5.74, 6) is 2.55. The molecule has 0 saturated carbocycles. The molecule has 2 rings (SSSR count). The molecule has 1 aliphatic carbocycles. The van der Waals surface area contributed by atoms with Crippen molar-refractivity contribution in [2.75, 3.05) is 14.2 Å². The Balaban J connectivity index is 2.54. The molecule has 16 heavy (non-hydrogen) atoms. The number of hydrogen-bond donors (Lipinski definition) is 0. The van der Waals surface area contributed by atoms with Gasteiger partial charge in [0.05, 0.1) is 14.2 Å². The van der Waals surface area contributed by atoms with Gasteiger partial charge < -0.3 is 9.47 Å². The molecule has 1 aromatic carbocycles. The van der Waals surface area contributed by atoms with E-state index in [-0.39, 0.29) is 0 Å². The Morgan fingerprint density at radius 1 is 1.25 bits per heavy atom. The van der Waals surface area contributed by atoms with Crippen LogP contribution >= 0.6 is 0 Å². The summed E-state index contributed by atoms with van der Waals surface area (Å²) in [4.78, 5) is 0. The summed E-state index contributed by atoms with van der Waals surface area (Å²) < 4.78 is 10.8. The van der Waals surface area contributed by atoms with Gasteiger partial charge in [-0.3, -0.25) is 0 Å². The second-order valence-corrected chi connectivity index (χ2v) is 4.72. The topological polar surface area (TPSA) is 18.5 Å². The summed E-state index contributed by atoms with van der Waals surface area (Å²) in [6, 6.07) is 2.15. The standard InChI is InChI=1S/C14H20O2/c1-9-5-6-11-8-13(15-3)14(16-4)10(2)12(11)7-9/h8-9H,5-7H2,1-4H3. The molecular weight excluding hydrogens is 200 g/mol. The number of ether oxygens (including phenoxy) is 2. The lowest BCUT2D eigenvalue weighted by molar-refractivity contribution is 0.350. The third-order valence-electron chi connectivity index (χ3n) is 3.59. The lowest BCUT2D eigenvalue weighted by Gasteiger charge is -2.25. The van der Waals surface area contributed by atoms with Crippen LogP contribution in [0.15, 0.2) is 6.07 Å². The van der Waals surface area contributed by atoms with Crippen LogP contribution < -0.4 is 9.47 Å². The molecule has 2 heteroatoms. The van der Waals surface area contributed by atoms with E-state index in [1.807, 2.05) is 0 Å². The molecule has 1 aromatic rings. The Labute approximate surface area is 97.6 Å². The Kier molecular flexibility index (Phi) is 3.08. The van der Waals surface area contributed by atoms with Crippen molar-refractivity contribution in [1.29, 1.82) is 0 Å². The van der Waals surface area contributed by atoms with Crippen LogP contribution in [0.5, 0.6) is 11.5 Å². The van der Waals surface area contributed by atoms with Gasteiger partial charge in [-0.05, 0) is 54.9 Å². The van der Waals surface area contributed by atoms with Crippen LogP contribution in [-0.4, -0.2) is 14.2 Å². The Morgan fingerprint density at radius 3 is 2.62 bits per heavy atom. The molecule has 1 unspecified atom stereocenters. The van der Waals surface area contributed by atoms with Crippen molar-refractivity contribution >= 4 is 0 Å². The van der Waals surface area contributed by atoms with Gasteiger partial charge in [0.1, 0.15) is 0 Å². The van der Waals surface area contributed by atoms with E-state index in [0.29, 0.717) is 0 Å². The lowest BCUT2D eigenvalue weighted by atomic mass is 9.82. The highest BCUT2D eigenvalue weighted by molar-refractivity contribution is 5.54. The first-order chi connectivity index (χ1) is 7.67. The summed E-state index contributed by atoms with van der Waals surface area (Å²) in [6.45, 7) is 4.46. The van der Waals surface area contributed by atoms with Crippen LogP contribution in [0.3, 0.4) is 0 Å². The molecule has 0 spiro atoms. The van der Waals surface area contributed by atoms with Crippen LogP contribution in [0.2, 0.25) is 0 Å². The van der Waals surface area contributed by atoms with E-state index in [0.717, 1.165) is 23.8 Å². The van der Waals surface area contributed by atoms with E-state index >= 15 is 0 Å². The Morgan fingerprint density at radius 2 is 2.00 bits per heavy atom. The molecule has 1 aliphatic rings. The third kappa shape index (κ3) is 1.77. The van der Waals surface area contributed by atoms with E-state index in [2.05, 4.69) is 19.9 Å². The minimum Gasteiger partial charge on any atom is -0.493 e. The molecule has 0 heterocycles. The molecule has 88 valence electrons. The molecule has 0 aromatic heterocycles. The zero-order valence-electron chi connectivity index (χ0n) is 10.6. The highest BCUT2D eigenvalue weighted by Gasteiger charge is 2.21. The fourth-order valence-corrected chi connectivity index (χ4v) is 2.64. The summed E-state index contributed by atoms with van der Waals surface area (Å²) in [6.07, 6.45) is 3.61. The first-order valence-corrected chi connectivity index (χ1v) is 5.90. The van der Waals surface area contributed by atoms with Gasteiger partial charge in [-0.15, -0.1) is 0 Å². The summed E-state index contributed by atoms with van der Waals surface area (Å²) in [5, 5.41) is 0. The van der Waals surface area contributed by atoms with Gasteiger partial charge in [0.15, 0.2) is 11.5 Å². The predicted octanol–water partition coefficient (Wildman–Crippen LogP) is 3.14. The zero-order chi connectivity index (χ0) is 11.7. The Bertz CT molecular complexity index is 396. The van der Waals surface area contributed by atoms with Gasteiger partial charge in [0, 0.05) is 0 Å². The van der Waals surface area contributed by atoms with Crippen molar-refractivity contribution < 1.29 is 9.47 Å². The SMILES string of the molecule is COc1cc2c(c(C)c1OC)CC(C)CC2. The first-order valence-electron chi connectivity index (χ1n) is 5.90. The largest absolute Gasteiger partial charge is 0.493 e. The number of aryl methyl sites for hydroxylation is 1. The fraction of sp³-hybridized carbons (Fsp3) is 0.571. The zero-order valence-corrected chi connectivity index (χ0v) is 10.6. The third-order valence-corrected chi connectivity index (χ3v) is 3.59. The molecule has 0 saturated heterocycles. The second-order valence-electron chi connectivity index (χ2n) is 4.72. The van der Waals surface area contributed by atoms with E-state index in [4.69, 9.17) is 9.47 Å². The Hall–Kier alpha value is -1.18. The first kappa shape index (κ1) is 11.3. The van der Waals surface area contributed by atoms with Gasteiger partial charge >= 0.3 is 0 Å². The summed E-state index contributed by atoms with van der Waals surface area (Å²) in [5.41, 5.74) is 4.16. The van der Waals surface area contributed by atoms with Crippen LogP contribution in [0, 0.1) is 12.8 Å². The van der Waals surface area contributed by atoms with Gasteiger partial charge in [0.25, 0.3) is 0 Å². The van der Waals surface area contributed by atoms with E-state index in [9.17, 15) is 0 Å². The highest BCUT2D eigenvalue weighted by Crippen LogP contribution is 2.39. The highest BCUT2D eigenvalue weighted by atomic mass is 16.5. The maximum absolute atomic E-state index is 5.44. The van der Waals surface area contributed by atoms with Gasteiger partial charge in [-0.1, -0.05) is 6.92 Å². The van der Waals surface area contributed by atoms with Crippen molar-refractivity contribution in [3.8, 4) is 11.5 Å². The number of benzene rings is 1. The van der Waals surface area contributed by atoms with Gasteiger partial charge in [0.2, 0.25) is 0 Å². The average Bonchev–Trinajstić information content (AvgIpc) is 2.29. The van der Waals surface area contributed by atoms with Crippen molar-refractivity contribution in [3.05, 3.63) is 22.8 Å². The van der Waals surface area contributed by atoms with E-state index < -0.39 is 0 Å². The van der Waals surface area contributed by atoms with Crippen molar-refractivity contribution in [2.45, 2.75) is 33.1 Å². The van der Waals surface area contributed by atoms with E-state index in [1.54, 1.807) is 14.2 Å². The van der Waals surface area contributed by atoms with Crippen LogP contribution in [-0.2, 0) is 12.8 Å². The van der Waals surface area contributed by atoms with Crippen LogP contribution in [0.1, 0.15) is 30.0 Å².